The van der Waals surface area contributed by atoms with Crippen molar-refractivity contribution >= 4 is 49.9 Å². The quantitative estimate of drug-likeness (QED) is 0.298. The van der Waals surface area contributed by atoms with Gasteiger partial charge in [-0.3, -0.25) is 4.79 Å². The van der Waals surface area contributed by atoms with E-state index in [9.17, 15) is 4.79 Å². The molecule has 0 unspecified atom stereocenters. The van der Waals surface area contributed by atoms with Crippen molar-refractivity contribution in [2.45, 2.75) is 26.2 Å². The summed E-state index contributed by atoms with van der Waals surface area (Å²) in [6.07, 6.45) is 2.71. The summed E-state index contributed by atoms with van der Waals surface area (Å²) in [6.45, 7) is 4.33. The number of carbonyl (C=O) groups excluding carboxylic acids is 1. The molecular formula is C22H20BrN3O2. The number of nitrogens with one attached hydrogen (secondary N) is 2. The Morgan fingerprint density at radius 1 is 1.29 bits per heavy atom. The fourth-order valence-corrected chi connectivity index (χ4v) is 3.63. The average molecular weight is 438 g/mol. The predicted octanol–water partition coefficient (Wildman–Crippen LogP) is 5.95. The summed E-state index contributed by atoms with van der Waals surface area (Å²) in [5.41, 5.74) is 6.42. The van der Waals surface area contributed by atoms with Crippen molar-refractivity contribution < 1.29 is 9.21 Å². The van der Waals surface area contributed by atoms with Gasteiger partial charge in [-0.15, -0.1) is 0 Å². The van der Waals surface area contributed by atoms with Crippen LogP contribution in [-0.2, 0) is 0 Å². The lowest BCUT2D eigenvalue weighted by Crippen LogP contribution is -2.16. The standard InChI is InChI=1S/C22H20BrN3O2/c1-3-13(2)21-17(16-6-4-5-7-18(16)25-21)12-24-26-22(27)20-11-14-10-15(23)8-9-19(14)28-20/h4-13,25H,3H2,1-2H3,(H,26,27)/b24-12-/t13-/m0/s1. The van der Waals surface area contributed by atoms with Crippen LogP contribution in [0.15, 0.2) is 62.5 Å². The molecule has 28 heavy (non-hydrogen) atoms. The van der Waals surface area contributed by atoms with Gasteiger partial charge >= 0.3 is 5.91 Å². The number of benzene rings is 2. The minimum atomic E-state index is -0.381. The van der Waals surface area contributed by atoms with Gasteiger partial charge in [-0.25, -0.2) is 5.43 Å². The van der Waals surface area contributed by atoms with Crippen LogP contribution in [0.2, 0.25) is 0 Å². The fourth-order valence-electron chi connectivity index (χ4n) is 3.25. The van der Waals surface area contributed by atoms with Crippen molar-refractivity contribution in [2.24, 2.45) is 5.10 Å². The van der Waals surface area contributed by atoms with Gasteiger partial charge in [0.05, 0.1) is 6.21 Å². The number of aromatic nitrogens is 1. The highest BCUT2D eigenvalue weighted by molar-refractivity contribution is 9.10. The van der Waals surface area contributed by atoms with E-state index in [1.165, 1.54) is 0 Å². The summed E-state index contributed by atoms with van der Waals surface area (Å²) in [5.74, 6) is 0.207. The van der Waals surface area contributed by atoms with Crippen molar-refractivity contribution in [3.63, 3.8) is 0 Å². The van der Waals surface area contributed by atoms with E-state index < -0.39 is 0 Å². The number of fused-ring (bicyclic) bond motifs is 2. The molecule has 2 aromatic carbocycles. The summed E-state index contributed by atoms with van der Waals surface area (Å²) in [6, 6.07) is 15.4. The van der Waals surface area contributed by atoms with Crippen molar-refractivity contribution in [3.8, 4) is 0 Å². The SMILES string of the molecule is CC[C@H](C)c1[nH]c2ccccc2c1/C=N\NC(=O)c1cc2cc(Br)ccc2o1. The zero-order valence-electron chi connectivity index (χ0n) is 15.6. The number of rotatable bonds is 5. The number of nitrogens with zero attached hydrogens (tertiary/aromatic N) is 1. The van der Waals surface area contributed by atoms with E-state index in [2.05, 4.69) is 51.4 Å². The first-order valence-electron chi connectivity index (χ1n) is 9.20. The van der Waals surface area contributed by atoms with E-state index in [4.69, 9.17) is 4.42 Å². The first-order chi connectivity index (χ1) is 13.6. The van der Waals surface area contributed by atoms with Crippen LogP contribution < -0.4 is 5.43 Å². The maximum Gasteiger partial charge on any atom is 0.307 e. The molecule has 2 aromatic heterocycles. The monoisotopic (exact) mass is 437 g/mol. The van der Waals surface area contributed by atoms with Crippen LogP contribution >= 0.6 is 15.9 Å². The Hall–Kier alpha value is -2.86. The van der Waals surface area contributed by atoms with Crippen molar-refractivity contribution in [2.75, 3.05) is 0 Å². The molecule has 1 atom stereocenters. The number of halogens is 1. The second-order valence-electron chi connectivity index (χ2n) is 6.80. The molecule has 0 aliphatic carbocycles. The Morgan fingerprint density at radius 3 is 2.93 bits per heavy atom. The maximum atomic E-state index is 12.4. The number of hydrazone groups is 1. The third-order valence-electron chi connectivity index (χ3n) is 4.94. The predicted molar refractivity (Wildman–Crippen MR) is 116 cm³/mol. The summed E-state index contributed by atoms with van der Waals surface area (Å²) in [5, 5.41) is 6.14. The molecule has 5 nitrogen and oxygen atoms in total. The molecular weight excluding hydrogens is 418 g/mol. The van der Waals surface area contributed by atoms with Crippen molar-refractivity contribution in [1.29, 1.82) is 0 Å². The van der Waals surface area contributed by atoms with Gasteiger partial charge in [-0.2, -0.15) is 5.10 Å². The Bertz CT molecular complexity index is 1190. The van der Waals surface area contributed by atoms with Gasteiger partial charge in [0.1, 0.15) is 5.58 Å². The molecule has 2 N–H and O–H groups in total. The third kappa shape index (κ3) is 3.47. The number of H-pyrrole nitrogens is 1. The number of amides is 1. The minimum Gasteiger partial charge on any atom is -0.451 e. The highest BCUT2D eigenvalue weighted by atomic mass is 79.9. The van der Waals surface area contributed by atoms with Gasteiger partial charge < -0.3 is 9.40 Å². The molecule has 142 valence electrons. The van der Waals surface area contributed by atoms with Crippen LogP contribution in [0, 0.1) is 0 Å². The third-order valence-corrected chi connectivity index (χ3v) is 5.44. The normalized spacial score (nSPS) is 12.8. The molecule has 0 fully saturated rings. The number of para-hydroxylation sites is 1. The van der Waals surface area contributed by atoms with Gasteiger partial charge in [-0.05, 0) is 42.7 Å². The molecule has 2 heterocycles. The highest BCUT2D eigenvalue weighted by Gasteiger charge is 2.15. The number of hydrogen-bond donors (Lipinski definition) is 2. The molecule has 0 saturated carbocycles. The molecule has 0 saturated heterocycles. The van der Waals surface area contributed by atoms with E-state index >= 15 is 0 Å². The molecule has 0 aliphatic rings. The maximum absolute atomic E-state index is 12.4. The summed E-state index contributed by atoms with van der Waals surface area (Å²) < 4.78 is 6.54. The van der Waals surface area contributed by atoms with Gasteiger partial charge in [0.25, 0.3) is 0 Å². The number of aromatic amines is 1. The molecule has 1 amide bonds. The van der Waals surface area contributed by atoms with Crippen LogP contribution in [0.3, 0.4) is 0 Å². The lowest BCUT2D eigenvalue weighted by Gasteiger charge is -2.07. The van der Waals surface area contributed by atoms with E-state index in [-0.39, 0.29) is 11.7 Å². The summed E-state index contributed by atoms with van der Waals surface area (Å²) >= 11 is 3.42. The second-order valence-corrected chi connectivity index (χ2v) is 7.71. The van der Waals surface area contributed by atoms with E-state index in [0.717, 1.165) is 38.4 Å². The first-order valence-corrected chi connectivity index (χ1v) is 9.99. The zero-order valence-corrected chi connectivity index (χ0v) is 17.2. The highest BCUT2D eigenvalue weighted by Crippen LogP contribution is 2.28. The minimum absolute atomic E-state index is 0.228. The lowest BCUT2D eigenvalue weighted by molar-refractivity contribution is 0.0929. The van der Waals surface area contributed by atoms with E-state index in [1.54, 1.807) is 12.3 Å². The second kappa shape index (κ2) is 7.64. The molecule has 0 radical (unpaired) electrons. The number of furan rings is 1. The van der Waals surface area contributed by atoms with E-state index in [0.29, 0.717) is 11.5 Å². The molecule has 4 aromatic rings. The summed E-state index contributed by atoms with van der Waals surface area (Å²) in [7, 11) is 0. The van der Waals surface area contributed by atoms with Crippen LogP contribution in [0.25, 0.3) is 21.9 Å². The van der Waals surface area contributed by atoms with Crippen molar-refractivity contribution in [3.05, 3.63) is 70.0 Å². The Kier molecular flexibility index (Phi) is 5.05. The fraction of sp³-hybridized carbons (Fsp3) is 0.182. The first kappa shape index (κ1) is 18.5. The smallest absolute Gasteiger partial charge is 0.307 e. The van der Waals surface area contributed by atoms with Crippen LogP contribution in [0.1, 0.15) is 48.0 Å². The van der Waals surface area contributed by atoms with Crippen LogP contribution in [0.4, 0.5) is 0 Å². The number of hydrogen-bond acceptors (Lipinski definition) is 3. The van der Waals surface area contributed by atoms with Crippen LogP contribution in [0.5, 0.6) is 0 Å². The van der Waals surface area contributed by atoms with Gasteiger partial charge in [0.2, 0.25) is 0 Å². The van der Waals surface area contributed by atoms with E-state index in [1.807, 2.05) is 36.4 Å². The Morgan fingerprint density at radius 2 is 2.11 bits per heavy atom. The topological polar surface area (TPSA) is 70.4 Å². The lowest BCUT2D eigenvalue weighted by atomic mass is 10.0. The van der Waals surface area contributed by atoms with Gasteiger partial charge in [-0.1, -0.05) is 48.0 Å². The Labute approximate surface area is 170 Å². The molecule has 4 rings (SSSR count). The van der Waals surface area contributed by atoms with Crippen LogP contribution in [-0.4, -0.2) is 17.1 Å². The summed E-state index contributed by atoms with van der Waals surface area (Å²) in [4.78, 5) is 15.9. The average Bonchev–Trinajstić information content (AvgIpc) is 3.28. The van der Waals surface area contributed by atoms with Crippen molar-refractivity contribution in [1.82, 2.24) is 10.4 Å². The molecule has 0 aliphatic heterocycles. The molecule has 6 heteroatoms. The van der Waals surface area contributed by atoms with Gasteiger partial charge in [0.15, 0.2) is 5.76 Å². The van der Waals surface area contributed by atoms with Gasteiger partial charge in [0, 0.05) is 32.0 Å². The zero-order chi connectivity index (χ0) is 19.7. The number of carbonyl (C=O) groups is 1. The largest absolute Gasteiger partial charge is 0.451 e. The molecule has 0 bridgehead atoms. The Balaban J connectivity index is 1.59. The molecule has 0 spiro atoms.